The molecule has 0 aliphatic carbocycles. The molecule has 0 saturated carbocycles. The number of rotatable bonds is 4. The van der Waals surface area contributed by atoms with Crippen LogP contribution in [-0.2, 0) is 9.53 Å². The standard InChI is InChI=1S/C10H20N2O2S/c1-7(10(13)12-11)8(2)15-9-3-5-14-6-4-9/h7-9H,3-6,11H2,1-2H3,(H,12,13). The van der Waals surface area contributed by atoms with Gasteiger partial charge in [0.25, 0.3) is 0 Å². The molecule has 1 saturated heterocycles. The van der Waals surface area contributed by atoms with Crippen LogP contribution in [-0.4, -0.2) is 29.6 Å². The number of thioether (sulfide) groups is 1. The lowest BCUT2D eigenvalue weighted by molar-refractivity contribution is -0.124. The highest BCUT2D eigenvalue weighted by atomic mass is 32.2. The molecule has 0 aromatic rings. The summed E-state index contributed by atoms with van der Waals surface area (Å²) in [4.78, 5) is 11.3. The van der Waals surface area contributed by atoms with Crippen molar-refractivity contribution in [2.75, 3.05) is 13.2 Å². The summed E-state index contributed by atoms with van der Waals surface area (Å²) in [5.41, 5.74) is 2.21. The predicted octanol–water partition coefficient (Wildman–Crippen LogP) is 0.913. The van der Waals surface area contributed by atoms with E-state index in [1.54, 1.807) is 0 Å². The molecule has 1 heterocycles. The van der Waals surface area contributed by atoms with Crippen LogP contribution in [0, 0.1) is 5.92 Å². The van der Waals surface area contributed by atoms with Gasteiger partial charge in [-0.05, 0) is 12.8 Å². The molecule has 4 nitrogen and oxygen atoms in total. The van der Waals surface area contributed by atoms with Crippen LogP contribution < -0.4 is 11.3 Å². The fraction of sp³-hybridized carbons (Fsp3) is 0.900. The Kier molecular flexibility index (Phi) is 5.42. The van der Waals surface area contributed by atoms with E-state index in [9.17, 15) is 4.79 Å². The van der Waals surface area contributed by atoms with Gasteiger partial charge in [0.1, 0.15) is 0 Å². The van der Waals surface area contributed by atoms with E-state index >= 15 is 0 Å². The first-order valence-corrected chi connectivity index (χ1v) is 6.33. The molecule has 0 radical (unpaired) electrons. The van der Waals surface area contributed by atoms with E-state index in [0.717, 1.165) is 26.1 Å². The van der Waals surface area contributed by atoms with Crippen LogP contribution in [0.15, 0.2) is 0 Å². The monoisotopic (exact) mass is 232 g/mol. The minimum Gasteiger partial charge on any atom is -0.381 e. The summed E-state index contributed by atoms with van der Waals surface area (Å²) in [5.74, 6) is 4.99. The maximum Gasteiger partial charge on any atom is 0.237 e. The number of hydrogen-bond acceptors (Lipinski definition) is 4. The van der Waals surface area contributed by atoms with Gasteiger partial charge < -0.3 is 4.74 Å². The Labute approximate surface area is 95.3 Å². The van der Waals surface area contributed by atoms with Gasteiger partial charge in [0, 0.05) is 29.6 Å². The van der Waals surface area contributed by atoms with Crippen molar-refractivity contribution in [2.24, 2.45) is 11.8 Å². The lowest BCUT2D eigenvalue weighted by Gasteiger charge is -2.26. The van der Waals surface area contributed by atoms with Gasteiger partial charge in [-0.25, -0.2) is 5.84 Å². The zero-order chi connectivity index (χ0) is 11.3. The molecule has 0 bridgehead atoms. The van der Waals surface area contributed by atoms with Gasteiger partial charge in [0.05, 0.1) is 0 Å². The van der Waals surface area contributed by atoms with Gasteiger partial charge in [0.15, 0.2) is 0 Å². The molecule has 1 fully saturated rings. The fourth-order valence-electron chi connectivity index (χ4n) is 1.58. The Morgan fingerprint density at radius 1 is 1.47 bits per heavy atom. The molecule has 1 aliphatic rings. The first-order chi connectivity index (χ1) is 7.15. The molecular weight excluding hydrogens is 212 g/mol. The third kappa shape index (κ3) is 4.01. The molecule has 3 N–H and O–H groups in total. The predicted molar refractivity (Wildman–Crippen MR) is 62.4 cm³/mol. The van der Waals surface area contributed by atoms with Crippen molar-refractivity contribution in [1.29, 1.82) is 0 Å². The van der Waals surface area contributed by atoms with Gasteiger partial charge >= 0.3 is 0 Å². The highest BCUT2D eigenvalue weighted by Crippen LogP contribution is 2.29. The van der Waals surface area contributed by atoms with E-state index in [1.807, 2.05) is 18.7 Å². The SMILES string of the molecule is CC(SC1CCOCC1)C(C)C(=O)NN. The van der Waals surface area contributed by atoms with E-state index in [1.165, 1.54) is 0 Å². The quantitative estimate of drug-likeness (QED) is 0.430. The Morgan fingerprint density at radius 2 is 2.07 bits per heavy atom. The third-order valence-electron chi connectivity index (χ3n) is 2.84. The molecule has 88 valence electrons. The first kappa shape index (κ1) is 12.8. The van der Waals surface area contributed by atoms with Crippen LogP contribution in [0.2, 0.25) is 0 Å². The summed E-state index contributed by atoms with van der Waals surface area (Å²) in [6, 6.07) is 0. The van der Waals surface area contributed by atoms with Gasteiger partial charge in [-0.3, -0.25) is 10.2 Å². The molecule has 1 aliphatic heterocycles. The fourth-order valence-corrected chi connectivity index (χ4v) is 3.01. The molecule has 0 aromatic carbocycles. The maximum atomic E-state index is 11.3. The number of amides is 1. The Morgan fingerprint density at radius 3 is 2.60 bits per heavy atom. The minimum absolute atomic E-state index is 0.0390. The van der Waals surface area contributed by atoms with Crippen molar-refractivity contribution in [1.82, 2.24) is 5.43 Å². The van der Waals surface area contributed by atoms with E-state index in [-0.39, 0.29) is 11.8 Å². The Bertz CT molecular complexity index is 208. The molecule has 1 amide bonds. The largest absolute Gasteiger partial charge is 0.381 e. The third-order valence-corrected chi connectivity index (χ3v) is 4.53. The topological polar surface area (TPSA) is 64.3 Å². The van der Waals surface area contributed by atoms with Gasteiger partial charge in [-0.1, -0.05) is 13.8 Å². The van der Waals surface area contributed by atoms with E-state index in [0.29, 0.717) is 10.5 Å². The number of hydrazine groups is 1. The molecule has 5 heteroatoms. The van der Waals surface area contributed by atoms with E-state index in [2.05, 4.69) is 12.3 Å². The second-order valence-electron chi connectivity index (χ2n) is 3.95. The van der Waals surface area contributed by atoms with Gasteiger partial charge in [-0.2, -0.15) is 11.8 Å². The normalized spacial score (nSPS) is 22.1. The number of carbonyl (C=O) groups excluding carboxylic acids is 1. The average Bonchev–Trinajstić information content (AvgIpc) is 2.28. The Hall–Kier alpha value is -0.260. The second kappa shape index (κ2) is 6.35. The van der Waals surface area contributed by atoms with Crippen molar-refractivity contribution < 1.29 is 9.53 Å². The average molecular weight is 232 g/mol. The Balaban J connectivity index is 2.32. The molecule has 15 heavy (non-hydrogen) atoms. The zero-order valence-electron chi connectivity index (χ0n) is 9.36. The highest BCUT2D eigenvalue weighted by molar-refractivity contribution is 8.00. The van der Waals surface area contributed by atoms with Crippen LogP contribution in [0.1, 0.15) is 26.7 Å². The molecule has 2 unspecified atom stereocenters. The summed E-state index contributed by atoms with van der Waals surface area (Å²) in [7, 11) is 0. The van der Waals surface area contributed by atoms with Crippen molar-refractivity contribution in [2.45, 2.75) is 37.2 Å². The summed E-state index contributed by atoms with van der Waals surface area (Å²) < 4.78 is 5.30. The molecule has 1 rings (SSSR count). The highest BCUT2D eigenvalue weighted by Gasteiger charge is 2.24. The summed E-state index contributed by atoms with van der Waals surface area (Å²) in [6.07, 6.45) is 2.18. The summed E-state index contributed by atoms with van der Waals surface area (Å²) >= 11 is 1.88. The smallest absolute Gasteiger partial charge is 0.237 e. The lowest BCUT2D eigenvalue weighted by Crippen LogP contribution is -2.38. The number of nitrogens with one attached hydrogen (secondary N) is 1. The van der Waals surface area contributed by atoms with Gasteiger partial charge in [-0.15, -0.1) is 0 Å². The summed E-state index contributed by atoms with van der Waals surface area (Å²) in [6.45, 7) is 5.70. The minimum atomic E-state index is -0.0814. The van der Waals surface area contributed by atoms with E-state index < -0.39 is 0 Å². The molecule has 2 atom stereocenters. The molecule has 0 spiro atoms. The van der Waals surface area contributed by atoms with Crippen LogP contribution in [0.5, 0.6) is 0 Å². The number of carbonyl (C=O) groups is 1. The summed E-state index contributed by atoms with van der Waals surface area (Å²) in [5, 5.41) is 0.929. The van der Waals surface area contributed by atoms with Crippen molar-refractivity contribution in [3.63, 3.8) is 0 Å². The molecule has 0 aromatic heterocycles. The van der Waals surface area contributed by atoms with E-state index in [4.69, 9.17) is 10.6 Å². The zero-order valence-corrected chi connectivity index (χ0v) is 10.2. The van der Waals surface area contributed by atoms with Crippen molar-refractivity contribution in [3.05, 3.63) is 0 Å². The first-order valence-electron chi connectivity index (χ1n) is 5.38. The van der Waals surface area contributed by atoms with Crippen LogP contribution in [0.25, 0.3) is 0 Å². The number of nitrogens with two attached hydrogens (primary N) is 1. The maximum absolute atomic E-state index is 11.3. The van der Waals surface area contributed by atoms with Crippen LogP contribution in [0.4, 0.5) is 0 Å². The number of ether oxygens (including phenoxy) is 1. The van der Waals surface area contributed by atoms with Crippen molar-refractivity contribution >= 4 is 17.7 Å². The van der Waals surface area contributed by atoms with Gasteiger partial charge in [0.2, 0.25) is 5.91 Å². The second-order valence-corrected chi connectivity index (χ2v) is 5.63. The lowest BCUT2D eigenvalue weighted by atomic mass is 10.1. The van der Waals surface area contributed by atoms with Crippen molar-refractivity contribution in [3.8, 4) is 0 Å². The molecular formula is C10H20N2O2S. The van der Waals surface area contributed by atoms with Crippen LogP contribution >= 0.6 is 11.8 Å². The van der Waals surface area contributed by atoms with Crippen LogP contribution in [0.3, 0.4) is 0 Å². The number of hydrogen-bond donors (Lipinski definition) is 2.